The van der Waals surface area contributed by atoms with Crippen LogP contribution in [0, 0.1) is 0 Å². The number of amides is 1. The third kappa shape index (κ3) is 4.93. The number of rotatable bonds is 7. The van der Waals surface area contributed by atoms with Crippen LogP contribution in [-0.2, 0) is 10.4 Å². The molecular formula is C21H35N2O4+. The number of likely N-dealkylation sites (tertiary alicyclic amines) is 1. The van der Waals surface area contributed by atoms with Gasteiger partial charge in [0.1, 0.15) is 17.1 Å². The molecule has 1 fully saturated rings. The number of carbonyl (C=O) groups is 1. The van der Waals surface area contributed by atoms with Crippen molar-refractivity contribution in [1.29, 1.82) is 0 Å². The van der Waals surface area contributed by atoms with Gasteiger partial charge in [0, 0.05) is 36.6 Å². The van der Waals surface area contributed by atoms with Gasteiger partial charge in [-0.2, -0.15) is 0 Å². The van der Waals surface area contributed by atoms with Crippen molar-refractivity contribution in [2.45, 2.75) is 58.2 Å². The van der Waals surface area contributed by atoms with E-state index in [0.29, 0.717) is 30.9 Å². The normalized spacial score (nSPS) is 22.8. The molecule has 0 aromatic heterocycles. The van der Waals surface area contributed by atoms with Crippen molar-refractivity contribution in [2.24, 2.45) is 0 Å². The van der Waals surface area contributed by atoms with E-state index in [2.05, 4.69) is 27.7 Å². The molecule has 2 N–H and O–H groups in total. The summed E-state index contributed by atoms with van der Waals surface area (Å²) in [7, 11) is 3.22. The molecule has 6 heteroatoms. The smallest absolute Gasteiger partial charge is 0.278 e. The molecule has 0 bridgehead atoms. The van der Waals surface area contributed by atoms with Gasteiger partial charge in [-0.3, -0.25) is 4.79 Å². The molecule has 0 aliphatic carbocycles. The van der Waals surface area contributed by atoms with Crippen molar-refractivity contribution in [3.63, 3.8) is 0 Å². The predicted molar refractivity (Wildman–Crippen MR) is 105 cm³/mol. The van der Waals surface area contributed by atoms with E-state index in [9.17, 15) is 9.90 Å². The van der Waals surface area contributed by atoms with Gasteiger partial charge in [-0.15, -0.1) is 0 Å². The maximum atomic E-state index is 12.7. The second-order valence-corrected chi connectivity index (χ2v) is 8.01. The Balaban J connectivity index is 2.05. The van der Waals surface area contributed by atoms with Crippen molar-refractivity contribution >= 4 is 5.91 Å². The van der Waals surface area contributed by atoms with Gasteiger partial charge in [0.2, 0.25) is 0 Å². The molecule has 6 nitrogen and oxygen atoms in total. The van der Waals surface area contributed by atoms with Crippen molar-refractivity contribution in [3.05, 3.63) is 23.8 Å². The maximum absolute atomic E-state index is 12.7. The predicted octanol–water partition coefficient (Wildman–Crippen LogP) is 1.22. The maximum Gasteiger partial charge on any atom is 0.278 e. The van der Waals surface area contributed by atoms with Crippen LogP contribution in [0.15, 0.2) is 18.2 Å². The van der Waals surface area contributed by atoms with E-state index >= 15 is 0 Å². The van der Waals surface area contributed by atoms with Gasteiger partial charge in [-0.1, -0.05) is 0 Å². The van der Waals surface area contributed by atoms with Crippen LogP contribution in [0.2, 0.25) is 0 Å². The molecular weight excluding hydrogens is 344 g/mol. The molecule has 1 amide bonds. The Morgan fingerprint density at radius 3 is 2.22 bits per heavy atom. The first-order chi connectivity index (χ1) is 12.7. The number of nitrogens with zero attached hydrogens (tertiary/aromatic N) is 1. The highest BCUT2D eigenvalue weighted by molar-refractivity contribution is 5.77. The lowest BCUT2D eigenvalue weighted by Crippen LogP contribution is -3.14. The van der Waals surface area contributed by atoms with Gasteiger partial charge >= 0.3 is 0 Å². The van der Waals surface area contributed by atoms with Gasteiger partial charge in [0.25, 0.3) is 5.91 Å². The van der Waals surface area contributed by atoms with E-state index in [1.54, 1.807) is 20.3 Å². The van der Waals surface area contributed by atoms with E-state index in [0.717, 1.165) is 18.7 Å². The third-order valence-corrected chi connectivity index (χ3v) is 5.50. The molecule has 2 rings (SSSR count). The van der Waals surface area contributed by atoms with Gasteiger partial charge in [0.05, 0.1) is 27.3 Å². The zero-order valence-electron chi connectivity index (χ0n) is 17.5. The largest absolute Gasteiger partial charge is 0.497 e. The molecule has 1 saturated heterocycles. The summed E-state index contributed by atoms with van der Waals surface area (Å²) >= 11 is 0. The molecule has 1 aliphatic heterocycles. The van der Waals surface area contributed by atoms with Gasteiger partial charge in [0.15, 0.2) is 6.54 Å². The number of piperidine rings is 1. The second-order valence-electron chi connectivity index (χ2n) is 8.01. The van der Waals surface area contributed by atoms with Crippen LogP contribution in [0.1, 0.15) is 46.1 Å². The standard InChI is InChI=1S/C21H34N2O4/c1-15(2)23(16(3)4)20(24)14-22-11-9-21(25,10-12-22)18-8-7-17(26-5)13-19(18)27-6/h7-8,13,15-16,25H,9-12,14H2,1-6H3/p+1. The average Bonchev–Trinajstić information content (AvgIpc) is 2.62. The third-order valence-electron chi connectivity index (χ3n) is 5.50. The van der Waals surface area contributed by atoms with E-state index in [1.165, 1.54) is 4.90 Å². The van der Waals surface area contributed by atoms with Crippen LogP contribution in [-0.4, -0.2) is 61.9 Å². The molecule has 1 aromatic carbocycles. The van der Waals surface area contributed by atoms with Crippen molar-refractivity contribution in [2.75, 3.05) is 33.9 Å². The highest BCUT2D eigenvalue weighted by atomic mass is 16.5. The lowest BCUT2D eigenvalue weighted by Gasteiger charge is -2.38. The number of aliphatic hydroxyl groups is 1. The van der Waals surface area contributed by atoms with Crippen LogP contribution in [0.3, 0.4) is 0 Å². The lowest BCUT2D eigenvalue weighted by molar-refractivity contribution is -0.900. The summed E-state index contributed by atoms with van der Waals surface area (Å²) < 4.78 is 10.7. The number of quaternary nitrogens is 1. The number of hydrogen-bond donors (Lipinski definition) is 2. The van der Waals surface area contributed by atoms with Crippen LogP contribution in [0.5, 0.6) is 11.5 Å². The quantitative estimate of drug-likeness (QED) is 0.748. The second kappa shape index (κ2) is 8.93. The molecule has 0 radical (unpaired) electrons. The zero-order valence-corrected chi connectivity index (χ0v) is 17.5. The van der Waals surface area contributed by atoms with E-state index in [-0.39, 0.29) is 18.0 Å². The van der Waals surface area contributed by atoms with Crippen LogP contribution < -0.4 is 14.4 Å². The van der Waals surface area contributed by atoms with Crippen LogP contribution in [0.4, 0.5) is 0 Å². The lowest BCUT2D eigenvalue weighted by atomic mass is 9.83. The number of carbonyl (C=O) groups excluding carboxylic acids is 1. The van der Waals surface area contributed by atoms with Gasteiger partial charge in [-0.25, -0.2) is 0 Å². The Hall–Kier alpha value is -1.79. The fraction of sp³-hybridized carbons (Fsp3) is 0.667. The van der Waals surface area contributed by atoms with E-state index in [4.69, 9.17) is 9.47 Å². The first-order valence-corrected chi connectivity index (χ1v) is 9.81. The van der Waals surface area contributed by atoms with Crippen molar-refractivity contribution in [1.82, 2.24) is 4.90 Å². The highest BCUT2D eigenvalue weighted by Crippen LogP contribution is 2.37. The molecule has 27 heavy (non-hydrogen) atoms. The van der Waals surface area contributed by atoms with Crippen molar-refractivity contribution < 1.29 is 24.3 Å². The fourth-order valence-corrected chi connectivity index (χ4v) is 4.12. The van der Waals surface area contributed by atoms with E-state index < -0.39 is 5.60 Å². The average molecular weight is 380 g/mol. The number of hydrogen-bond acceptors (Lipinski definition) is 4. The molecule has 1 aromatic rings. The van der Waals surface area contributed by atoms with E-state index in [1.807, 2.05) is 17.0 Å². The number of nitrogens with one attached hydrogen (secondary N) is 1. The first-order valence-electron chi connectivity index (χ1n) is 9.81. The van der Waals surface area contributed by atoms with Gasteiger partial charge < -0.3 is 24.4 Å². The molecule has 0 atom stereocenters. The topological polar surface area (TPSA) is 63.4 Å². The van der Waals surface area contributed by atoms with Crippen LogP contribution in [0.25, 0.3) is 0 Å². The Bertz CT molecular complexity index is 629. The number of ether oxygens (including phenoxy) is 2. The fourth-order valence-electron chi connectivity index (χ4n) is 4.12. The Morgan fingerprint density at radius 1 is 1.15 bits per heavy atom. The summed E-state index contributed by atoms with van der Waals surface area (Å²) in [6, 6.07) is 5.93. The monoisotopic (exact) mass is 379 g/mol. The minimum absolute atomic E-state index is 0.183. The molecule has 0 spiro atoms. The van der Waals surface area contributed by atoms with Crippen molar-refractivity contribution in [3.8, 4) is 11.5 Å². The summed E-state index contributed by atoms with van der Waals surface area (Å²) in [6.07, 6.45) is 1.20. The summed E-state index contributed by atoms with van der Waals surface area (Å²) in [5.41, 5.74) is -0.137. The zero-order chi connectivity index (χ0) is 20.2. The number of benzene rings is 1. The summed E-state index contributed by atoms with van der Waals surface area (Å²) in [5.74, 6) is 1.53. The Kier molecular flexibility index (Phi) is 7.12. The highest BCUT2D eigenvalue weighted by Gasteiger charge is 2.39. The Labute approximate surface area is 163 Å². The minimum Gasteiger partial charge on any atom is -0.497 e. The van der Waals surface area contributed by atoms with Crippen LogP contribution >= 0.6 is 0 Å². The summed E-state index contributed by atoms with van der Waals surface area (Å²) in [5, 5.41) is 11.2. The SMILES string of the molecule is COc1ccc(C2(O)CC[NH+](CC(=O)N(C(C)C)C(C)C)CC2)c(OC)c1. The number of methoxy groups -OCH3 is 2. The molecule has 152 valence electrons. The molecule has 1 heterocycles. The molecule has 0 saturated carbocycles. The summed E-state index contributed by atoms with van der Waals surface area (Å²) in [6.45, 7) is 10.2. The molecule has 0 unspecified atom stereocenters. The minimum atomic E-state index is -0.931. The first kappa shape index (κ1) is 21.5. The summed E-state index contributed by atoms with van der Waals surface area (Å²) in [4.78, 5) is 15.9. The molecule has 1 aliphatic rings. The van der Waals surface area contributed by atoms with Gasteiger partial charge in [-0.05, 0) is 39.8 Å². The Morgan fingerprint density at radius 2 is 1.74 bits per heavy atom.